The van der Waals surface area contributed by atoms with E-state index < -0.39 is 6.23 Å². The molecule has 25 heavy (non-hydrogen) atoms. The number of hydrogen-bond donors (Lipinski definition) is 3. The maximum atomic E-state index is 10.2. The van der Waals surface area contributed by atoms with E-state index in [0.29, 0.717) is 24.4 Å². The standard InChI is InChI=1S/C20H23N3O2/c1-13-10-16(24)8-9-17(13)18-12-21-20(14(2)22-18)23-19(25)11-15-6-4-3-5-7-15/h3-9,12-13,19,24-25H,10-11H2,1-2H3,(H,21,23). The van der Waals surface area contributed by atoms with Crippen LogP contribution in [0.3, 0.4) is 0 Å². The second kappa shape index (κ2) is 7.49. The van der Waals surface area contributed by atoms with E-state index in [1.165, 1.54) is 0 Å². The van der Waals surface area contributed by atoms with Crippen LogP contribution >= 0.6 is 0 Å². The lowest BCUT2D eigenvalue weighted by Crippen LogP contribution is -2.23. The number of allylic oxidation sites excluding steroid dienone is 4. The van der Waals surface area contributed by atoms with Crippen molar-refractivity contribution >= 4 is 11.4 Å². The summed E-state index contributed by atoms with van der Waals surface area (Å²) in [6, 6.07) is 9.81. The van der Waals surface area contributed by atoms with Gasteiger partial charge in [-0.15, -0.1) is 0 Å². The summed E-state index contributed by atoms with van der Waals surface area (Å²) in [4.78, 5) is 9.05. The summed E-state index contributed by atoms with van der Waals surface area (Å²) in [5.74, 6) is 1.17. The third-order valence-corrected chi connectivity index (χ3v) is 4.32. The molecule has 0 amide bonds. The summed E-state index contributed by atoms with van der Waals surface area (Å²) in [6.45, 7) is 3.93. The highest BCUT2D eigenvalue weighted by Gasteiger charge is 2.18. The predicted molar refractivity (Wildman–Crippen MR) is 99.0 cm³/mol. The summed E-state index contributed by atoms with van der Waals surface area (Å²) in [7, 11) is 0. The van der Waals surface area contributed by atoms with Crippen molar-refractivity contribution in [3.8, 4) is 0 Å². The summed E-state index contributed by atoms with van der Waals surface area (Å²) in [5, 5.41) is 22.9. The lowest BCUT2D eigenvalue weighted by Gasteiger charge is -2.20. The second-order valence-corrected chi connectivity index (χ2v) is 6.42. The Morgan fingerprint density at radius 1 is 1.24 bits per heavy atom. The van der Waals surface area contributed by atoms with Gasteiger partial charge in [0.15, 0.2) is 0 Å². The van der Waals surface area contributed by atoms with Crippen LogP contribution in [0.1, 0.15) is 30.3 Å². The molecule has 2 unspecified atom stereocenters. The second-order valence-electron chi connectivity index (χ2n) is 6.42. The molecular weight excluding hydrogens is 314 g/mol. The van der Waals surface area contributed by atoms with Gasteiger partial charge in [-0.25, -0.2) is 9.97 Å². The third kappa shape index (κ3) is 4.25. The molecule has 0 aliphatic heterocycles. The molecule has 1 heterocycles. The average molecular weight is 337 g/mol. The van der Waals surface area contributed by atoms with Gasteiger partial charge < -0.3 is 15.5 Å². The molecule has 3 N–H and O–H groups in total. The molecule has 1 aromatic carbocycles. The normalized spacial score (nSPS) is 18.3. The van der Waals surface area contributed by atoms with Gasteiger partial charge in [-0.3, -0.25) is 0 Å². The number of anilines is 1. The average Bonchev–Trinajstić information content (AvgIpc) is 2.58. The maximum Gasteiger partial charge on any atom is 0.149 e. The van der Waals surface area contributed by atoms with Gasteiger partial charge in [0.2, 0.25) is 0 Å². The molecule has 0 bridgehead atoms. The van der Waals surface area contributed by atoms with E-state index in [2.05, 4.69) is 22.2 Å². The number of aliphatic hydroxyl groups excluding tert-OH is 2. The lowest BCUT2D eigenvalue weighted by atomic mass is 9.90. The van der Waals surface area contributed by atoms with Crippen molar-refractivity contribution in [3.05, 3.63) is 71.4 Å². The van der Waals surface area contributed by atoms with Crippen molar-refractivity contribution < 1.29 is 10.2 Å². The first-order valence-electron chi connectivity index (χ1n) is 8.45. The van der Waals surface area contributed by atoms with E-state index in [4.69, 9.17) is 0 Å². The zero-order chi connectivity index (χ0) is 17.8. The van der Waals surface area contributed by atoms with Crippen LogP contribution in [-0.2, 0) is 6.42 Å². The smallest absolute Gasteiger partial charge is 0.149 e. The Bertz CT molecular complexity index is 800. The first-order chi connectivity index (χ1) is 12.0. The Balaban J connectivity index is 1.72. The lowest BCUT2D eigenvalue weighted by molar-refractivity contribution is 0.203. The van der Waals surface area contributed by atoms with Gasteiger partial charge in [0.05, 0.1) is 23.3 Å². The van der Waals surface area contributed by atoms with Crippen molar-refractivity contribution in [2.45, 2.75) is 32.9 Å². The predicted octanol–water partition coefficient (Wildman–Crippen LogP) is 3.62. The van der Waals surface area contributed by atoms with Crippen LogP contribution in [0.4, 0.5) is 5.82 Å². The molecule has 0 saturated heterocycles. The van der Waals surface area contributed by atoms with Crippen LogP contribution < -0.4 is 5.32 Å². The molecular formula is C20H23N3O2. The van der Waals surface area contributed by atoms with Gasteiger partial charge in [0, 0.05) is 12.8 Å². The highest BCUT2D eigenvalue weighted by Crippen LogP contribution is 2.30. The van der Waals surface area contributed by atoms with Gasteiger partial charge >= 0.3 is 0 Å². The molecule has 0 radical (unpaired) electrons. The molecule has 0 saturated carbocycles. The molecule has 2 aromatic rings. The van der Waals surface area contributed by atoms with Crippen molar-refractivity contribution in [1.29, 1.82) is 0 Å². The Morgan fingerprint density at radius 3 is 2.68 bits per heavy atom. The molecule has 5 nitrogen and oxygen atoms in total. The van der Waals surface area contributed by atoms with Gasteiger partial charge in [0.1, 0.15) is 12.0 Å². The minimum atomic E-state index is -0.728. The molecule has 1 aliphatic rings. The van der Waals surface area contributed by atoms with E-state index in [9.17, 15) is 10.2 Å². The zero-order valence-electron chi connectivity index (χ0n) is 14.5. The van der Waals surface area contributed by atoms with Crippen molar-refractivity contribution in [1.82, 2.24) is 9.97 Å². The minimum absolute atomic E-state index is 0.196. The summed E-state index contributed by atoms with van der Waals surface area (Å²) in [5.41, 5.74) is 3.65. The number of nitrogens with one attached hydrogen (secondary N) is 1. The monoisotopic (exact) mass is 337 g/mol. The zero-order valence-corrected chi connectivity index (χ0v) is 14.5. The number of nitrogens with zero attached hydrogens (tertiary/aromatic N) is 2. The van der Waals surface area contributed by atoms with Crippen LogP contribution in [0.15, 0.2) is 54.4 Å². The van der Waals surface area contributed by atoms with Crippen LogP contribution in [0.5, 0.6) is 0 Å². The molecule has 0 fully saturated rings. The van der Waals surface area contributed by atoms with E-state index in [-0.39, 0.29) is 5.92 Å². The SMILES string of the molecule is Cc1nc(C2=CC=C(O)CC2C)cnc1NC(O)Cc1ccccc1. The van der Waals surface area contributed by atoms with Gasteiger partial charge in [-0.05, 0) is 30.1 Å². The summed E-state index contributed by atoms with van der Waals surface area (Å²) >= 11 is 0. The molecule has 0 spiro atoms. The highest BCUT2D eigenvalue weighted by molar-refractivity contribution is 5.68. The summed E-state index contributed by atoms with van der Waals surface area (Å²) < 4.78 is 0. The Hall–Kier alpha value is -2.66. The fourth-order valence-electron chi connectivity index (χ4n) is 2.99. The Morgan fingerprint density at radius 2 is 2.00 bits per heavy atom. The largest absolute Gasteiger partial charge is 0.512 e. The quantitative estimate of drug-likeness (QED) is 0.726. The Labute approximate surface area is 147 Å². The van der Waals surface area contributed by atoms with Crippen molar-refractivity contribution in [3.63, 3.8) is 0 Å². The van der Waals surface area contributed by atoms with Gasteiger partial charge in [0.25, 0.3) is 0 Å². The molecule has 1 aromatic heterocycles. The third-order valence-electron chi connectivity index (χ3n) is 4.32. The fraction of sp³-hybridized carbons (Fsp3) is 0.300. The molecule has 3 rings (SSSR count). The van der Waals surface area contributed by atoms with Crippen LogP contribution in [0.2, 0.25) is 0 Å². The summed E-state index contributed by atoms with van der Waals surface area (Å²) in [6.07, 6.45) is 5.70. The Kier molecular flexibility index (Phi) is 5.14. The number of aromatic nitrogens is 2. The molecule has 2 atom stereocenters. The first kappa shape index (κ1) is 17.2. The van der Waals surface area contributed by atoms with Crippen molar-refractivity contribution in [2.24, 2.45) is 5.92 Å². The number of aliphatic hydroxyl groups is 2. The minimum Gasteiger partial charge on any atom is -0.512 e. The number of benzene rings is 1. The maximum absolute atomic E-state index is 10.2. The van der Waals surface area contributed by atoms with Gasteiger partial charge in [-0.2, -0.15) is 0 Å². The van der Waals surface area contributed by atoms with Crippen LogP contribution in [0.25, 0.3) is 5.57 Å². The molecule has 5 heteroatoms. The fourth-order valence-corrected chi connectivity index (χ4v) is 2.99. The first-order valence-corrected chi connectivity index (χ1v) is 8.45. The molecule has 130 valence electrons. The van der Waals surface area contributed by atoms with E-state index >= 15 is 0 Å². The highest BCUT2D eigenvalue weighted by atomic mass is 16.3. The number of aryl methyl sites for hydroxylation is 1. The number of rotatable bonds is 5. The van der Waals surface area contributed by atoms with E-state index in [0.717, 1.165) is 22.5 Å². The molecule has 1 aliphatic carbocycles. The number of hydrogen-bond acceptors (Lipinski definition) is 5. The van der Waals surface area contributed by atoms with Crippen LogP contribution in [-0.4, -0.2) is 26.4 Å². The van der Waals surface area contributed by atoms with Crippen molar-refractivity contribution in [2.75, 3.05) is 5.32 Å². The van der Waals surface area contributed by atoms with Gasteiger partial charge in [-0.1, -0.05) is 43.3 Å². The topological polar surface area (TPSA) is 78.3 Å². The van der Waals surface area contributed by atoms with E-state index in [1.807, 2.05) is 43.3 Å². The van der Waals surface area contributed by atoms with Crippen LogP contribution in [0, 0.1) is 12.8 Å². The van der Waals surface area contributed by atoms with E-state index in [1.54, 1.807) is 12.3 Å².